The van der Waals surface area contributed by atoms with Crippen LogP contribution in [0.1, 0.15) is 29.7 Å². The molecule has 0 unspecified atom stereocenters. The third-order valence-corrected chi connectivity index (χ3v) is 5.75. The molecule has 1 amide bonds. The minimum Gasteiger partial charge on any atom is -0.493 e. The summed E-state index contributed by atoms with van der Waals surface area (Å²) in [4.78, 5) is 17.1. The van der Waals surface area contributed by atoms with Gasteiger partial charge in [-0.05, 0) is 42.7 Å². The van der Waals surface area contributed by atoms with Crippen LogP contribution in [0.5, 0.6) is 11.5 Å². The first-order valence-corrected chi connectivity index (χ1v) is 10.5. The minimum absolute atomic E-state index is 0.0213. The molecule has 6 nitrogen and oxygen atoms in total. The van der Waals surface area contributed by atoms with Crippen molar-refractivity contribution >= 4 is 5.91 Å². The molecule has 1 N–H and O–H groups in total. The van der Waals surface area contributed by atoms with Crippen LogP contribution < -0.4 is 14.8 Å². The van der Waals surface area contributed by atoms with E-state index in [1.54, 1.807) is 14.2 Å². The fourth-order valence-electron chi connectivity index (χ4n) is 3.85. The summed E-state index contributed by atoms with van der Waals surface area (Å²) in [5, 5.41) is 3.11. The van der Waals surface area contributed by atoms with Crippen molar-refractivity contribution in [2.45, 2.75) is 26.4 Å². The van der Waals surface area contributed by atoms with Crippen molar-refractivity contribution in [1.82, 2.24) is 15.1 Å². The molecule has 1 aliphatic rings. The van der Waals surface area contributed by atoms with Gasteiger partial charge in [-0.25, -0.2) is 0 Å². The van der Waals surface area contributed by atoms with Crippen molar-refractivity contribution in [3.05, 3.63) is 59.2 Å². The highest BCUT2D eigenvalue weighted by molar-refractivity contribution is 5.78. The number of amides is 1. The number of hydrogen-bond acceptors (Lipinski definition) is 5. The first-order chi connectivity index (χ1) is 14.5. The van der Waals surface area contributed by atoms with Crippen molar-refractivity contribution in [3.63, 3.8) is 0 Å². The largest absolute Gasteiger partial charge is 0.493 e. The molecule has 1 saturated heterocycles. The molecule has 1 heterocycles. The van der Waals surface area contributed by atoms with E-state index in [0.29, 0.717) is 6.54 Å². The van der Waals surface area contributed by atoms with Gasteiger partial charge in [-0.15, -0.1) is 0 Å². The summed E-state index contributed by atoms with van der Waals surface area (Å²) in [6.45, 7) is 9.10. The standard InChI is InChI=1S/C24H33N3O3/c1-18-14-22(29-3)23(30-4)15-21(18)16-26-10-12-27(13-11-26)17-24(28)25-19(2)20-8-6-5-7-9-20/h5-9,14-15,19H,10-13,16-17H2,1-4H3,(H,25,28)/t19-/m1/s1. The summed E-state index contributed by atoms with van der Waals surface area (Å²) in [5.41, 5.74) is 3.57. The molecule has 30 heavy (non-hydrogen) atoms. The molecule has 162 valence electrons. The molecule has 1 atom stereocenters. The highest BCUT2D eigenvalue weighted by atomic mass is 16.5. The Morgan fingerprint density at radius 2 is 1.60 bits per heavy atom. The van der Waals surface area contributed by atoms with Crippen LogP contribution >= 0.6 is 0 Å². The molecule has 0 aromatic heterocycles. The molecule has 2 aromatic carbocycles. The van der Waals surface area contributed by atoms with Gasteiger partial charge in [0, 0.05) is 32.7 Å². The lowest BCUT2D eigenvalue weighted by Gasteiger charge is -2.34. The molecular formula is C24H33N3O3. The van der Waals surface area contributed by atoms with Crippen LogP contribution in [0, 0.1) is 6.92 Å². The smallest absolute Gasteiger partial charge is 0.234 e. The third kappa shape index (κ3) is 5.74. The first-order valence-electron chi connectivity index (χ1n) is 10.5. The van der Waals surface area contributed by atoms with E-state index in [1.165, 1.54) is 11.1 Å². The van der Waals surface area contributed by atoms with Crippen molar-refractivity contribution < 1.29 is 14.3 Å². The van der Waals surface area contributed by atoms with Crippen LogP contribution in [-0.2, 0) is 11.3 Å². The van der Waals surface area contributed by atoms with Crippen molar-refractivity contribution in [2.24, 2.45) is 0 Å². The predicted octanol–water partition coefficient (Wildman–Crippen LogP) is 3.01. The summed E-state index contributed by atoms with van der Waals surface area (Å²) in [7, 11) is 3.33. The van der Waals surface area contributed by atoms with Crippen LogP contribution in [-0.4, -0.2) is 62.7 Å². The predicted molar refractivity (Wildman–Crippen MR) is 119 cm³/mol. The Bertz CT molecular complexity index is 833. The van der Waals surface area contributed by atoms with Gasteiger partial charge in [-0.2, -0.15) is 0 Å². The second-order valence-electron chi connectivity index (χ2n) is 7.89. The summed E-state index contributed by atoms with van der Waals surface area (Å²) in [5.74, 6) is 1.61. The molecule has 0 saturated carbocycles. The number of benzene rings is 2. The SMILES string of the molecule is COc1cc(C)c(CN2CCN(CC(=O)N[C@H](C)c3ccccc3)CC2)cc1OC. The molecule has 0 aliphatic carbocycles. The second-order valence-corrected chi connectivity index (χ2v) is 7.89. The molecule has 0 bridgehead atoms. The zero-order chi connectivity index (χ0) is 21.5. The number of hydrogen-bond donors (Lipinski definition) is 1. The minimum atomic E-state index is 0.0213. The fraction of sp³-hybridized carbons (Fsp3) is 0.458. The molecule has 0 spiro atoms. The Morgan fingerprint density at radius 3 is 2.23 bits per heavy atom. The summed E-state index contributed by atoms with van der Waals surface area (Å²) in [6, 6.07) is 14.2. The maximum absolute atomic E-state index is 12.5. The zero-order valence-corrected chi connectivity index (χ0v) is 18.5. The van der Waals surface area contributed by atoms with Crippen LogP contribution in [0.2, 0.25) is 0 Å². The van der Waals surface area contributed by atoms with E-state index < -0.39 is 0 Å². The number of methoxy groups -OCH3 is 2. The number of nitrogens with one attached hydrogen (secondary N) is 1. The number of nitrogens with zero attached hydrogens (tertiary/aromatic N) is 2. The second kappa shape index (κ2) is 10.5. The van der Waals surface area contributed by atoms with Gasteiger partial charge >= 0.3 is 0 Å². The first kappa shape index (κ1) is 22.1. The van der Waals surface area contributed by atoms with E-state index in [-0.39, 0.29) is 11.9 Å². The van der Waals surface area contributed by atoms with E-state index >= 15 is 0 Å². The number of carbonyl (C=O) groups excluding carboxylic acids is 1. The number of ether oxygens (including phenoxy) is 2. The number of aryl methyl sites for hydroxylation is 1. The molecule has 1 aliphatic heterocycles. The lowest BCUT2D eigenvalue weighted by Crippen LogP contribution is -2.49. The molecule has 6 heteroatoms. The lowest BCUT2D eigenvalue weighted by atomic mass is 10.1. The monoisotopic (exact) mass is 411 g/mol. The van der Waals surface area contributed by atoms with E-state index in [1.807, 2.05) is 43.3 Å². The van der Waals surface area contributed by atoms with E-state index in [4.69, 9.17) is 9.47 Å². The van der Waals surface area contributed by atoms with E-state index in [0.717, 1.165) is 49.8 Å². The van der Waals surface area contributed by atoms with Gasteiger partial charge in [-0.1, -0.05) is 30.3 Å². The summed E-state index contributed by atoms with van der Waals surface area (Å²) < 4.78 is 10.8. The Morgan fingerprint density at radius 1 is 1.00 bits per heavy atom. The van der Waals surface area contributed by atoms with Gasteiger partial charge in [0.15, 0.2) is 11.5 Å². The normalized spacial score (nSPS) is 16.1. The fourth-order valence-corrected chi connectivity index (χ4v) is 3.85. The number of carbonyl (C=O) groups is 1. The van der Waals surface area contributed by atoms with E-state index in [9.17, 15) is 4.79 Å². The molecule has 2 aromatic rings. The quantitative estimate of drug-likeness (QED) is 0.724. The maximum atomic E-state index is 12.5. The van der Waals surface area contributed by atoms with Crippen molar-refractivity contribution in [2.75, 3.05) is 46.9 Å². The van der Waals surface area contributed by atoms with Gasteiger partial charge in [0.2, 0.25) is 5.91 Å². The molecule has 1 fully saturated rings. The Hall–Kier alpha value is -2.57. The zero-order valence-electron chi connectivity index (χ0n) is 18.5. The number of piperazine rings is 1. The van der Waals surface area contributed by atoms with Gasteiger partial charge in [0.1, 0.15) is 0 Å². The Balaban J connectivity index is 1.47. The Labute approximate surface area is 179 Å². The average Bonchev–Trinajstić information content (AvgIpc) is 2.76. The van der Waals surface area contributed by atoms with Gasteiger partial charge in [-0.3, -0.25) is 14.6 Å². The van der Waals surface area contributed by atoms with Crippen molar-refractivity contribution in [1.29, 1.82) is 0 Å². The lowest BCUT2D eigenvalue weighted by molar-refractivity contribution is -0.123. The summed E-state index contributed by atoms with van der Waals surface area (Å²) >= 11 is 0. The molecule has 0 radical (unpaired) electrons. The van der Waals surface area contributed by atoms with E-state index in [2.05, 4.69) is 28.1 Å². The number of rotatable bonds is 8. The topological polar surface area (TPSA) is 54.0 Å². The van der Waals surface area contributed by atoms with Crippen LogP contribution in [0.25, 0.3) is 0 Å². The summed E-state index contributed by atoms with van der Waals surface area (Å²) in [6.07, 6.45) is 0. The average molecular weight is 412 g/mol. The van der Waals surface area contributed by atoms with Crippen molar-refractivity contribution in [3.8, 4) is 11.5 Å². The van der Waals surface area contributed by atoms with Crippen LogP contribution in [0.15, 0.2) is 42.5 Å². The molecular weight excluding hydrogens is 378 g/mol. The highest BCUT2D eigenvalue weighted by Gasteiger charge is 2.21. The van der Waals surface area contributed by atoms with Gasteiger partial charge in [0.05, 0.1) is 26.8 Å². The highest BCUT2D eigenvalue weighted by Crippen LogP contribution is 2.31. The van der Waals surface area contributed by atoms with Crippen LogP contribution in [0.4, 0.5) is 0 Å². The van der Waals surface area contributed by atoms with Crippen LogP contribution in [0.3, 0.4) is 0 Å². The maximum Gasteiger partial charge on any atom is 0.234 e. The Kier molecular flexibility index (Phi) is 7.71. The molecule has 3 rings (SSSR count). The van der Waals surface area contributed by atoms with Gasteiger partial charge < -0.3 is 14.8 Å². The third-order valence-electron chi connectivity index (χ3n) is 5.75. The van der Waals surface area contributed by atoms with Gasteiger partial charge in [0.25, 0.3) is 0 Å².